The summed E-state index contributed by atoms with van der Waals surface area (Å²) in [5.41, 5.74) is 2.36. The molecule has 1 amide bonds. The molecule has 0 saturated carbocycles. The van der Waals surface area contributed by atoms with E-state index in [1.165, 1.54) is 19.2 Å². The van der Waals surface area contributed by atoms with Crippen LogP contribution in [-0.2, 0) is 0 Å². The monoisotopic (exact) mass is 387 g/mol. The molecule has 132 valence electrons. The Labute approximate surface area is 161 Å². The van der Waals surface area contributed by atoms with Crippen LogP contribution in [-0.4, -0.2) is 18.1 Å². The first-order valence-corrected chi connectivity index (χ1v) is 8.48. The van der Waals surface area contributed by atoms with Gasteiger partial charge in [0.15, 0.2) is 0 Å². The molecule has 0 radical (unpaired) electrons. The number of anilines is 1. The Morgan fingerprint density at radius 2 is 1.73 bits per heavy atom. The van der Waals surface area contributed by atoms with Gasteiger partial charge in [-0.3, -0.25) is 4.79 Å². The van der Waals surface area contributed by atoms with Crippen LogP contribution in [0.2, 0.25) is 10.0 Å². The SMILES string of the molecule is COc1ccc(-c2ccccc2)cc1NC(=O)c1cc(Cl)cc(Cl)c1O. The Kier molecular flexibility index (Phi) is 5.35. The number of phenols is 1. The standard InChI is InChI=1S/C20H15Cl2NO3/c1-26-18-8-7-13(12-5-3-2-4-6-12)9-17(18)23-20(25)15-10-14(21)11-16(22)19(15)24/h2-11,24H,1H3,(H,23,25). The number of amides is 1. The Hall–Kier alpha value is -2.69. The summed E-state index contributed by atoms with van der Waals surface area (Å²) in [5, 5.41) is 13.0. The highest BCUT2D eigenvalue weighted by Crippen LogP contribution is 2.34. The molecule has 0 aliphatic carbocycles. The smallest absolute Gasteiger partial charge is 0.259 e. The van der Waals surface area contributed by atoms with Gasteiger partial charge in [-0.2, -0.15) is 0 Å². The zero-order valence-electron chi connectivity index (χ0n) is 13.8. The summed E-state index contributed by atoms with van der Waals surface area (Å²) in [6, 6.07) is 17.9. The lowest BCUT2D eigenvalue weighted by molar-refractivity contribution is 0.102. The molecule has 26 heavy (non-hydrogen) atoms. The third kappa shape index (κ3) is 3.77. The van der Waals surface area contributed by atoms with Crippen molar-refractivity contribution in [1.29, 1.82) is 0 Å². The zero-order chi connectivity index (χ0) is 18.7. The van der Waals surface area contributed by atoms with Crippen LogP contribution in [0.3, 0.4) is 0 Å². The molecule has 0 atom stereocenters. The van der Waals surface area contributed by atoms with Crippen molar-refractivity contribution in [2.75, 3.05) is 12.4 Å². The molecule has 0 spiro atoms. The quantitative estimate of drug-likeness (QED) is 0.609. The molecule has 0 saturated heterocycles. The van der Waals surface area contributed by atoms with E-state index in [1.54, 1.807) is 12.1 Å². The first kappa shape index (κ1) is 18.1. The summed E-state index contributed by atoms with van der Waals surface area (Å²) in [6.45, 7) is 0. The number of phenolic OH excluding ortho intramolecular Hbond substituents is 1. The molecule has 0 bridgehead atoms. The molecule has 0 heterocycles. The van der Waals surface area contributed by atoms with E-state index in [4.69, 9.17) is 27.9 Å². The van der Waals surface area contributed by atoms with Crippen LogP contribution < -0.4 is 10.1 Å². The van der Waals surface area contributed by atoms with Gasteiger partial charge in [0.25, 0.3) is 5.91 Å². The van der Waals surface area contributed by atoms with Gasteiger partial charge < -0.3 is 15.2 Å². The summed E-state index contributed by atoms with van der Waals surface area (Å²) >= 11 is 11.8. The van der Waals surface area contributed by atoms with E-state index in [0.717, 1.165) is 11.1 Å². The molecule has 3 rings (SSSR count). The van der Waals surface area contributed by atoms with Crippen molar-refractivity contribution in [2.24, 2.45) is 0 Å². The van der Waals surface area contributed by atoms with Crippen LogP contribution in [0.15, 0.2) is 60.7 Å². The zero-order valence-corrected chi connectivity index (χ0v) is 15.3. The maximum Gasteiger partial charge on any atom is 0.259 e. The maximum atomic E-state index is 12.6. The summed E-state index contributed by atoms with van der Waals surface area (Å²) in [6.07, 6.45) is 0. The predicted octanol–water partition coefficient (Wildman–Crippen LogP) is 5.63. The fourth-order valence-corrected chi connectivity index (χ4v) is 3.04. The number of rotatable bonds is 4. The number of carbonyl (C=O) groups excluding carboxylic acids is 1. The first-order valence-electron chi connectivity index (χ1n) is 7.72. The second kappa shape index (κ2) is 7.68. The van der Waals surface area contributed by atoms with Gasteiger partial charge >= 0.3 is 0 Å². The molecule has 3 aromatic rings. The van der Waals surface area contributed by atoms with E-state index < -0.39 is 5.91 Å². The van der Waals surface area contributed by atoms with Gasteiger partial charge in [0, 0.05) is 5.02 Å². The number of halogens is 2. The second-order valence-corrected chi connectivity index (χ2v) is 6.36. The maximum absolute atomic E-state index is 12.6. The van der Waals surface area contributed by atoms with Gasteiger partial charge in [0.05, 0.1) is 23.4 Å². The third-order valence-electron chi connectivity index (χ3n) is 3.83. The minimum Gasteiger partial charge on any atom is -0.506 e. The molecule has 6 heteroatoms. The largest absolute Gasteiger partial charge is 0.506 e. The van der Waals surface area contributed by atoms with Gasteiger partial charge in [-0.25, -0.2) is 0 Å². The number of ether oxygens (including phenoxy) is 1. The van der Waals surface area contributed by atoms with Gasteiger partial charge in [-0.05, 0) is 35.4 Å². The molecule has 2 N–H and O–H groups in total. The number of benzene rings is 3. The third-order valence-corrected chi connectivity index (χ3v) is 4.33. The Morgan fingerprint density at radius 3 is 2.42 bits per heavy atom. The fraction of sp³-hybridized carbons (Fsp3) is 0.0500. The van der Waals surface area contributed by atoms with Crippen LogP contribution in [0.1, 0.15) is 10.4 Å². The molecule has 0 aliphatic rings. The van der Waals surface area contributed by atoms with E-state index in [9.17, 15) is 9.90 Å². The van der Waals surface area contributed by atoms with Crippen molar-refractivity contribution in [3.05, 3.63) is 76.3 Å². The summed E-state index contributed by atoms with van der Waals surface area (Å²) in [7, 11) is 1.51. The van der Waals surface area contributed by atoms with Crippen LogP contribution in [0.25, 0.3) is 11.1 Å². The fourth-order valence-electron chi connectivity index (χ4n) is 2.54. The molecule has 0 aliphatic heterocycles. The van der Waals surface area contributed by atoms with Gasteiger partial charge in [-0.1, -0.05) is 59.6 Å². The molecule has 0 fully saturated rings. The average Bonchev–Trinajstić information content (AvgIpc) is 2.65. The van der Waals surface area contributed by atoms with Crippen molar-refractivity contribution < 1.29 is 14.6 Å². The number of methoxy groups -OCH3 is 1. The van der Waals surface area contributed by atoms with Crippen molar-refractivity contribution in [3.63, 3.8) is 0 Å². The van der Waals surface area contributed by atoms with E-state index in [1.807, 2.05) is 36.4 Å². The predicted molar refractivity (Wildman–Crippen MR) is 105 cm³/mol. The van der Waals surface area contributed by atoms with E-state index >= 15 is 0 Å². The van der Waals surface area contributed by atoms with Gasteiger partial charge in [0.1, 0.15) is 11.5 Å². The molecular weight excluding hydrogens is 373 g/mol. The molecule has 0 unspecified atom stereocenters. The molecule has 0 aromatic heterocycles. The second-order valence-electron chi connectivity index (χ2n) is 5.52. The highest BCUT2D eigenvalue weighted by molar-refractivity contribution is 6.36. The number of hydrogen-bond donors (Lipinski definition) is 2. The van der Waals surface area contributed by atoms with Crippen LogP contribution >= 0.6 is 23.2 Å². The van der Waals surface area contributed by atoms with Crippen LogP contribution in [0, 0.1) is 0 Å². The highest BCUT2D eigenvalue weighted by Gasteiger charge is 2.17. The Morgan fingerprint density at radius 1 is 1.00 bits per heavy atom. The van der Waals surface area contributed by atoms with E-state index in [2.05, 4.69) is 5.32 Å². The minimum absolute atomic E-state index is 0.00708. The Balaban J connectivity index is 1.97. The number of carbonyl (C=O) groups is 1. The summed E-state index contributed by atoms with van der Waals surface area (Å²) in [5.74, 6) is -0.382. The average molecular weight is 388 g/mol. The van der Waals surface area contributed by atoms with Crippen molar-refractivity contribution in [1.82, 2.24) is 0 Å². The van der Waals surface area contributed by atoms with E-state index in [0.29, 0.717) is 11.4 Å². The lowest BCUT2D eigenvalue weighted by Gasteiger charge is -2.13. The topological polar surface area (TPSA) is 58.6 Å². The summed E-state index contributed by atoms with van der Waals surface area (Å²) < 4.78 is 5.32. The van der Waals surface area contributed by atoms with Crippen LogP contribution in [0.4, 0.5) is 5.69 Å². The Bertz CT molecular complexity index is 959. The normalized spacial score (nSPS) is 10.4. The molecule has 4 nitrogen and oxygen atoms in total. The van der Waals surface area contributed by atoms with E-state index in [-0.39, 0.29) is 21.4 Å². The number of hydrogen-bond acceptors (Lipinski definition) is 3. The summed E-state index contributed by atoms with van der Waals surface area (Å²) in [4.78, 5) is 12.6. The number of aromatic hydroxyl groups is 1. The van der Waals surface area contributed by atoms with Crippen molar-refractivity contribution in [3.8, 4) is 22.6 Å². The van der Waals surface area contributed by atoms with Gasteiger partial charge in [0.2, 0.25) is 0 Å². The minimum atomic E-state index is -0.546. The molecule has 3 aromatic carbocycles. The number of nitrogens with one attached hydrogen (secondary N) is 1. The highest BCUT2D eigenvalue weighted by atomic mass is 35.5. The molecular formula is C20H15Cl2NO3. The lowest BCUT2D eigenvalue weighted by atomic mass is 10.0. The van der Waals surface area contributed by atoms with Crippen molar-refractivity contribution >= 4 is 34.8 Å². The first-order chi connectivity index (χ1) is 12.5. The lowest BCUT2D eigenvalue weighted by Crippen LogP contribution is -2.13. The van der Waals surface area contributed by atoms with Gasteiger partial charge in [-0.15, -0.1) is 0 Å². The van der Waals surface area contributed by atoms with Crippen LogP contribution in [0.5, 0.6) is 11.5 Å². The van der Waals surface area contributed by atoms with Crippen molar-refractivity contribution in [2.45, 2.75) is 0 Å².